The van der Waals surface area contributed by atoms with Crippen LogP contribution in [0.5, 0.6) is 0 Å². The quantitative estimate of drug-likeness (QED) is 0.599. The zero-order valence-corrected chi connectivity index (χ0v) is 10.0. The first-order valence-corrected chi connectivity index (χ1v) is 6.05. The van der Waals surface area contributed by atoms with E-state index in [0.717, 1.165) is 6.07 Å². The maximum absolute atomic E-state index is 13.1. The summed E-state index contributed by atoms with van der Waals surface area (Å²) in [5, 5.41) is 19.1. The van der Waals surface area contributed by atoms with Crippen LogP contribution in [0.25, 0.3) is 0 Å². The highest BCUT2D eigenvalue weighted by Gasteiger charge is 2.13. The predicted octanol–water partition coefficient (Wildman–Crippen LogP) is 1.38. The number of hydrogen-bond donors (Lipinski definition) is 2. The first-order chi connectivity index (χ1) is 8.40. The Kier molecular flexibility index (Phi) is 5.05. The fourth-order valence-electron chi connectivity index (χ4n) is 1.20. The highest BCUT2D eigenvalue weighted by molar-refractivity contribution is 7.98. The van der Waals surface area contributed by atoms with Crippen LogP contribution < -0.4 is 5.73 Å². The Bertz CT molecular complexity index is 469. The molecule has 0 aromatic heterocycles. The maximum atomic E-state index is 13.1. The van der Waals surface area contributed by atoms with Crippen molar-refractivity contribution in [1.29, 1.82) is 0 Å². The summed E-state index contributed by atoms with van der Waals surface area (Å²) in [6, 6.07) is 2.25. The molecule has 0 aliphatic heterocycles. The Labute approximate surface area is 106 Å². The normalized spacial score (nSPS) is 12.1. The topological polar surface area (TPSA) is 106 Å². The molecule has 0 spiro atoms. The van der Waals surface area contributed by atoms with E-state index in [-0.39, 0.29) is 17.2 Å². The molecule has 0 radical (unpaired) electrons. The number of nitrogens with two attached hydrogens (primary N) is 1. The van der Waals surface area contributed by atoms with Crippen molar-refractivity contribution in [3.8, 4) is 0 Å². The third-order valence-electron chi connectivity index (χ3n) is 2.04. The van der Waals surface area contributed by atoms with Gasteiger partial charge in [0.25, 0.3) is 5.69 Å². The number of rotatable bonds is 6. The largest absolute Gasteiger partial charge is 0.480 e. The summed E-state index contributed by atoms with van der Waals surface area (Å²) >= 11 is 1.18. The Morgan fingerprint density at radius 2 is 2.22 bits per heavy atom. The molecule has 0 heterocycles. The van der Waals surface area contributed by atoms with E-state index in [1.807, 2.05) is 0 Å². The minimum Gasteiger partial charge on any atom is -0.480 e. The van der Waals surface area contributed by atoms with Crippen molar-refractivity contribution < 1.29 is 19.2 Å². The lowest BCUT2D eigenvalue weighted by Gasteiger charge is -2.06. The molecule has 1 aromatic rings. The molecule has 1 atom stereocenters. The first kappa shape index (κ1) is 14.4. The second kappa shape index (κ2) is 6.31. The van der Waals surface area contributed by atoms with Gasteiger partial charge in [-0.1, -0.05) is 0 Å². The summed E-state index contributed by atoms with van der Waals surface area (Å²) in [7, 11) is 0. The van der Waals surface area contributed by atoms with Gasteiger partial charge in [-0.25, -0.2) is 4.39 Å². The van der Waals surface area contributed by atoms with Gasteiger partial charge in [0.1, 0.15) is 11.9 Å². The highest BCUT2D eigenvalue weighted by Crippen LogP contribution is 2.20. The van der Waals surface area contributed by atoms with Gasteiger partial charge in [0.15, 0.2) is 0 Å². The van der Waals surface area contributed by atoms with Crippen molar-refractivity contribution in [3.05, 3.63) is 39.7 Å². The molecule has 1 aromatic carbocycles. The number of aliphatic carboxylic acids is 1. The molecule has 0 aliphatic carbocycles. The fourth-order valence-corrected chi connectivity index (χ4v) is 2.11. The molecule has 6 nitrogen and oxygen atoms in total. The average molecular weight is 274 g/mol. The number of nitro groups is 1. The van der Waals surface area contributed by atoms with Gasteiger partial charge in [-0.15, -0.1) is 0 Å². The van der Waals surface area contributed by atoms with Crippen LogP contribution >= 0.6 is 11.8 Å². The van der Waals surface area contributed by atoms with Crippen molar-refractivity contribution in [2.75, 3.05) is 5.75 Å². The van der Waals surface area contributed by atoms with Crippen molar-refractivity contribution >= 4 is 23.4 Å². The number of nitrogens with zero attached hydrogens (tertiary/aromatic N) is 1. The summed E-state index contributed by atoms with van der Waals surface area (Å²) < 4.78 is 13.1. The molecule has 0 aliphatic rings. The molecule has 0 saturated heterocycles. The first-order valence-electron chi connectivity index (χ1n) is 4.90. The number of carboxylic acid groups (broad SMARTS) is 1. The van der Waals surface area contributed by atoms with Crippen molar-refractivity contribution in [2.45, 2.75) is 11.8 Å². The number of benzene rings is 1. The van der Waals surface area contributed by atoms with Crippen LogP contribution in [0, 0.1) is 15.9 Å². The molecule has 0 bridgehead atoms. The fraction of sp³-hybridized carbons (Fsp3) is 0.300. The van der Waals surface area contributed by atoms with E-state index in [1.165, 1.54) is 23.9 Å². The number of carboxylic acids is 1. The SMILES string of the molecule is N[C@H](CSCc1cc(F)cc([N+](=O)[O-])c1)C(=O)O. The van der Waals surface area contributed by atoms with E-state index in [9.17, 15) is 19.3 Å². The average Bonchev–Trinajstić information content (AvgIpc) is 2.27. The number of hydrogen-bond acceptors (Lipinski definition) is 5. The summed E-state index contributed by atoms with van der Waals surface area (Å²) in [6.07, 6.45) is 0. The van der Waals surface area contributed by atoms with Gasteiger partial charge in [0.05, 0.1) is 11.0 Å². The van der Waals surface area contributed by atoms with Crippen LogP contribution in [0.1, 0.15) is 5.56 Å². The number of thioether (sulfide) groups is 1. The van der Waals surface area contributed by atoms with Gasteiger partial charge in [0, 0.05) is 17.6 Å². The van der Waals surface area contributed by atoms with Crippen LogP contribution in [0.4, 0.5) is 10.1 Å². The lowest BCUT2D eigenvalue weighted by atomic mass is 10.2. The molecule has 0 amide bonds. The molecule has 98 valence electrons. The van der Waals surface area contributed by atoms with Gasteiger partial charge < -0.3 is 10.8 Å². The molecular formula is C10H11FN2O4S. The lowest BCUT2D eigenvalue weighted by molar-refractivity contribution is -0.385. The zero-order chi connectivity index (χ0) is 13.7. The maximum Gasteiger partial charge on any atom is 0.321 e. The van der Waals surface area contributed by atoms with Gasteiger partial charge in [-0.2, -0.15) is 11.8 Å². The molecule has 0 fully saturated rings. The second-order valence-electron chi connectivity index (χ2n) is 3.53. The zero-order valence-electron chi connectivity index (χ0n) is 9.21. The van der Waals surface area contributed by atoms with Crippen LogP contribution in [-0.4, -0.2) is 27.8 Å². The molecule has 8 heteroatoms. The van der Waals surface area contributed by atoms with Gasteiger partial charge in [0.2, 0.25) is 0 Å². The lowest BCUT2D eigenvalue weighted by Crippen LogP contribution is -2.32. The molecule has 0 saturated carbocycles. The Morgan fingerprint density at radius 1 is 1.56 bits per heavy atom. The molecule has 18 heavy (non-hydrogen) atoms. The van der Waals surface area contributed by atoms with Gasteiger partial charge >= 0.3 is 5.97 Å². The van der Waals surface area contributed by atoms with E-state index in [4.69, 9.17) is 10.8 Å². The van der Waals surface area contributed by atoms with Crippen LogP contribution in [0.3, 0.4) is 0 Å². The minimum atomic E-state index is -1.12. The Balaban J connectivity index is 2.62. The third-order valence-corrected chi connectivity index (χ3v) is 3.17. The third kappa shape index (κ3) is 4.30. The summed E-state index contributed by atoms with van der Waals surface area (Å²) in [5.74, 6) is -1.39. The molecule has 0 unspecified atom stereocenters. The van der Waals surface area contributed by atoms with E-state index < -0.39 is 22.8 Å². The predicted molar refractivity (Wildman–Crippen MR) is 64.8 cm³/mol. The van der Waals surface area contributed by atoms with Gasteiger partial charge in [-0.3, -0.25) is 14.9 Å². The molecule has 3 N–H and O–H groups in total. The number of carbonyl (C=O) groups is 1. The van der Waals surface area contributed by atoms with E-state index in [0.29, 0.717) is 5.56 Å². The van der Waals surface area contributed by atoms with Gasteiger partial charge in [-0.05, 0) is 11.6 Å². The van der Waals surface area contributed by atoms with Crippen LogP contribution in [0.15, 0.2) is 18.2 Å². The van der Waals surface area contributed by atoms with E-state index in [1.54, 1.807) is 0 Å². The standard InChI is InChI=1S/C10H11FN2O4S/c11-7-1-6(2-8(3-7)13(16)17)4-18-5-9(12)10(14)15/h1-3,9H,4-5,12H2,(H,14,15)/t9-/m1/s1. The van der Waals surface area contributed by atoms with Crippen molar-refractivity contribution in [3.63, 3.8) is 0 Å². The summed E-state index contributed by atoms with van der Waals surface area (Å²) in [4.78, 5) is 20.3. The van der Waals surface area contributed by atoms with Crippen LogP contribution in [0.2, 0.25) is 0 Å². The molecule has 1 rings (SSSR count). The summed E-state index contributed by atoms with van der Waals surface area (Å²) in [6.45, 7) is 0. The smallest absolute Gasteiger partial charge is 0.321 e. The summed E-state index contributed by atoms with van der Waals surface area (Å²) in [5.41, 5.74) is 5.38. The van der Waals surface area contributed by atoms with Crippen LogP contribution in [-0.2, 0) is 10.5 Å². The Morgan fingerprint density at radius 3 is 2.78 bits per heavy atom. The molecular weight excluding hydrogens is 263 g/mol. The number of halogens is 1. The van der Waals surface area contributed by atoms with E-state index >= 15 is 0 Å². The number of nitro benzene ring substituents is 1. The van der Waals surface area contributed by atoms with Crippen molar-refractivity contribution in [1.82, 2.24) is 0 Å². The minimum absolute atomic E-state index is 0.152. The highest BCUT2D eigenvalue weighted by atomic mass is 32.2. The number of non-ortho nitro benzene ring substituents is 1. The van der Waals surface area contributed by atoms with E-state index in [2.05, 4.69) is 0 Å². The second-order valence-corrected chi connectivity index (χ2v) is 4.56. The Hall–Kier alpha value is -1.67. The monoisotopic (exact) mass is 274 g/mol. The van der Waals surface area contributed by atoms with Crippen molar-refractivity contribution in [2.24, 2.45) is 5.73 Å².